The monoisotopic (exact) mass is 255 g/mol. The maximum atomic E-state index is 12.0. The van der Waals surface area contributed by atoms with E-state index >= 15 is 0 Å². The van der Waals surface area contributed by atoms with Crippen LogP contribution in [0.15, 0.2) is 0 Å². The van der Waals surface area contributed by atoms with Gasteiger partial charge in [-0.3, -0.25) is 4.79 Å². The summed E-state index contributed by atoms with van der Waals surface area (Å²) in [5.74, 6) is -1.06. The molecule has 0 spiro atoms. The summed E-state index contributed by atoms with van der Waals surface area (Å²) in [6, 6.07) is -0.0298. The molecule has 2 aliphatic rings. The molecule has 3 unspecified atom stereocenters. The Hall–Kier alpha value is -1.30. The fourth-order valence-electron chi connectivity index (χ4n) is 2.80. The van der Waals surface area contributed by atoms with Gasteiger partial charge in [-0.05, 0) is 32.1 Å². The molecule has 2 fully saturated rings. The summed E-state index contributed by atoms with van der Waals surface area (Å²) in [4.78, 5) is 24.6. The number of carboxylic acids is 1. The van der Waals surface area contributed by atoms with Gasteiger partial charge in [-0.1, -0.05) is 0 Å². The number of rotatable bonds is 2. The number of hydrogen-bond donors (Lipinski definition) is 3. The molecule has 2 amide bonds. The molecule has 6 nitrogen and oxygen atoms in total. The Bertz CT molecular complexity index is 335. The minimum absolute atomic E-state index is 0.00301. The molecule has 6 heteroatoms. The van der Waals surface area contributed by atoms with Crippen LogP contribution in [0.25, 0.3) is 0 Å². The smallest absolute Gasteiger partial charge is 0.317 e. The third-order valence-electron chi connectivity index (χ3n) is 3.85. The van der Waals surface area contributed by atoms with Gasteiger partial charge in [0.1, 0.15) is 0 Å². The quantitative estimate of drug-likeness (QED) is 0.664. The van der Waals surface area contributed by atoms with E-state index in [1.807, 2.05) is 0 Å². The van der Waals surface area contributed by atoms with Crippen molar-refractivity contribution in [2.75, 3.05) is 13.1 Å². The van der Waals surface area contributed by atoms with E-state index in [0.29, 0.717) is 19.4 Å². The second-order valence-electron chi connectivity index (χ2n) is 5.34. The fourth-order valence-corrected chi connectivity index (χ4v) is 2.80. The van der Waals surface area contributed by atoms with Crippen LogP contribution in [0.3, 0.4) is 0 Å². The molecule has 1 saturated carbocycles. The number of carbonyl (C=O) groups excluding carboxylic acids is 1. The summed E-state index contributed by atoms with van der Waals surface area (Å²) in [5, 5.41) is 11.8. The van der Waals surface area contributed by atoms with Crippen molar-refractivity contribution in [3.05, 3.63) is 0 Å². The molecular weight excluding hydrogens is 234 g/mol. The Kier molecular flexibility index (Phi) is 4.06. The Morgan fingerprint density at radius 3 is 2.67 bits per heavy atom. The van der Waals surface area contributed by atoms with E-state index in [1.165, 1.54) is 0 Å². The van der Waals surface area contributed by atoms with Crippen LogP contribution in [0.4, 0.5) is 4.79 Å². The molecule has 0 aromatic rings. The van der Waals surface area contributed by atoms with Gasteiger partial charge in [0.25, 0.3) is 0 Å². The minimum Gasteiger partial charge on any atom is -0.481 e. The van der Waals surface area contributed by atoms with Gasteiger partial charge >= 0.3 is 12.0 Å². The van der Waals surface area contributed by atoms with Gasteiger partial charge in [-0.15, -0.1) is 0 Å². The maximum absolute atomic E-state index is 12.0. The van der Waals surface area contributed by atoms with Crippen LogP contribution in [-0.4, -0.2) is 47.2 Å². The van der Waals surface area contributed by atoms with E-state index in [9.17, 15) is 9.59 Å². The predicted molar refractivity (Wildman–Crippen MR) is 66.1 cm³/mol. The van der Waals surface area contributed by atoms with Crippen LogP contribution in [0, 0.1) is 5.92 Å². The van der Waals surface area contributed by atoms with E-state index in [4.69, 9.17) is 10.8 Å². The number of likely N-dealkylation sites (tertiary alicyclic amines) is 1. The van der Waals surface area contributed by atoms with Crippen LogP contribution >= 0.6 is 0 Å². The van der Waals surface area contributed by atoms with Gasteiger partial charge in [0.05, 0.1) is 5.92 Å². The highest BCUT2D eigenvalue weighted by Crippen LogP contribution is 2.25. The van der Waals surface area contributed by atoms with Crippen molar-refractivity contribution >= 4 is 12.0 Å². The van der Waals surface area contributed by atoms with E-state index in [-0.39, 0.29) is 24.0 Å². The van der Waals surface area contributed by atoms with Crippen LogP contribution in [0.5, 0.6) is 0 Å². The molecule has 1 heterocycles. The molecule has 0 aromatic carbocycles. The third kappa shape index (κ3) is 3.13. The topological polar surface area (TPSA) is 95.7 Å². The summed E-state index contributed by atoms with van der Waals surface area (Å²) in [6.45, 7) is 1.34. The lowest BCUT2D eigenvalue weighted by atomic mass is 10.1. The number of nitrogens with one attached hydrogen (secondary N) is 1. The Labute approximate surface area is 107 Å². The summed E-state index contributed by atoms with van der Waals surface area (Å²) in [6.07, 6.45) is 3.86. The number of nitrogens with zero attached hydrogens (tertiary/aromatic N) is 1. The normalized spacial score (nSPS) is 32.3. The highest BCUT2D eigenvalue weighted by Gasteiger charge is 2.32. The second-order valence-corrected chi connectivity index (χ2v) is 5.34. The average molecular weight is 255 g/mol. The number of piperidine rings is 1. The van der Waals surface area contributed by atoms with Gasteiger partial charge in [0.2, 0.25) is 0 Å². The summed E-state index contributed by atoms with van der Waals surface area (Å²) in [7, 11) is 0. The van der Waals surface area contributed by atoms with Crippen LogP contribution in [0.2, 0.25) is 0 Å². The van der Waals surface area contributed by atoms with E-state index in [1.54, 1.807) is 4.90 Å². The van der Waals surface area contributed by atoms with Crippen LogP contribution < -0.4 is 11.1 Å². The van der Waals surface area contributed by atoms with Crippen molar-refractivity contribution in [1.29, 1.82) is 0 Å². The molecule has 1 aliphatic carbocycles. The van der Waals surface area contributed by atoms with Gasteiger partial charge in [-0.25, -0.2) is 4.79 Å². The first kappa shape index (κ1) is 13.1. The highest BCUT2D eigenvalue weighted by molar-refractivity contribution is 5.75. The molecule has 0 radical (unpaired) electrons. The number of amides is 2. The van der Waals surface area contributed by atoms with Crippen LogP contribution in [-0.2, 0) is 4.79 Å². The van der Waals surface area contributed by atoms with Crippen molar-refractivity contribution in [2.45, 2.75) is 44.2 Å². The van der Waals surface area contributed by atoms with E-state index < -0.39 is 5.97 Å². The van der Waals surface area contributed by atoms with Gasteiger partial charge in [0.15, 0.2) is 0 Å². The lowest BCUT2D eigenvalue weighted by molar-refractivity contribution is -0.141. The summed E-state index contributed by atoms with van der Waals surface area (Å²) in [5.41, 5.74) is 5.83. The average Bonchev–Trinajstić information content (AvgIpc) is 2.77. The summed E-state index contributed by atoms with van der Waals surface area (Å²) >= 11 is 0. The van der Waals surface area contributed by atoms with Crippen molar-refractivity contribution < 1.29 is 14.7 Å². The lowest BCUT2D eigenvalue weighted by Gasteiger charge is -2.31. The number of aliphatic carboxylic acids is 1. The minimum atomic E-state index is -0.758. The number of urea groups is 1. The fraction of sp³-hybridized carbons (Fsp3) is 0.833. The molecular formula is C12H21N3O3. The number of carbonyl (C=O) groups is 2. The van der Waals surface area contributed by atoms with Gasteiger partial charge < -0.3 is 21.1 Å². The maximum Gasteiger partial charge on any atom is 0.317 e. The molecule has 102 valence electrons. The van der Waals surface area contributed by atoms with Crippen molar-refractivity contribution in [1.82, 2.24) is 10.2 Å². The predicted octanol–water partition coefficient (Wildman–Crippen LogP) is 0.372. The molecule has 0 bridgehead atoms. The molecule has 1 saturated heterocycles. The Balaban J connectivity index is 1.79. The first-order chi connectivity index (χ1) is 8.56. The van der Waals surface area contributed by atoms with Gasteiger partial charge in [0, 0.05) is 25.2 Å². The van der Waals surface area contributed by atoms with Gasteiger partial charge in [-0.2, -0.15) is 0 Å². The second kappa shape index (κ2) is 5.56. The van der Waals surface area contributed by atoms with Crippen molar-refractivity contribution in [3.8, 4) is 0 Å². The number of nitrogens with two attached hydrogens (primary N) is 1. The van der Waals surface area contributed by atoms with Crippen LogP contribution in [0.1, 0.15) is 32.1 Å². The molecule has 1 aliphatic heterocycles. The molecule has 4 N–H and O–H groups in total. The lowest BCUT2D eigenvalue weighted by Crippen LogP contribution is -2.51. The van der Waals surface area contributed by atoms with Crippen molar-refractivity contribution in [2.24, 2.45) is 11.7 Å². The number of hydrogen-bond acceptors (Lipinski definition) is 3. The third-order valence-corrected chi connectivity index (χ3v) is 3.85. The number of carboxylic acid groups (broad SMARTS) is 1. The Morgan fingerprint density at radius 2 is 2.06 bits per heavy atom. The molecule has 3 atom stereocenters. The molecule has 0 aromatic heterocycles. The zero-order valence-electron chi connectivity index (χ0n) is 10.5. The zero-order valence-corrected chi connectivity index (χ0v) is 10.5. The standard InChI is InChI=1S/C12H21N3O3/c13-9-2-1-5-15(7-9)12(18)14-10-4-3-8(6-10)11(16)17/h8-10H,1-7,13H2,(H,14,18)(H,16,17). The first-order valence-corrected chi connectivity index (χ1v) is 6.60. The molecule has 18 heavy (non-hydrogen) atoms. The van der Waals surface area contributed by atoms with E-state index in [2.05, 4.69) is 5.32 Å². The zero-order chi connectivity index (χ0) is 13.1. The SMILES string of the molecule is NC1CCCN(C(=O)NC2CCC(C(=O)O)C2)C1. The Morgan fingerprint density at radius 1 is 1.28 bits per heavy atom. The first-order valence-electron chi connectivity index (χ1n) is 6.60. The summed E-state index contributed by atoms with van der Waals surface area (Å²) < 4.78 is 0. The largest absolute Gasteiger partial charge is 0.481 e. The van der Waals surface area contributed by atoms with Crippen molar-refractivity contribution in [3.63, 3.8) is 0 Å². The highest BCUT2D eigenvalue weighted by atomic mass is 16.4. The van der Waals surface area contributed by atoms with E-state index in [0.717, 1.165) is 25.8 Å². The molecule has 2 rings (SSSR count).